The first-order chi connectivity index (χ1) is 11.6. The molecule has 0 bridgehead atoms. The van der Waals surface area contributed by atoms with Crippen molar-refractivity contribution < 1.29 is 4.79 Å². The molecule has 1 N–H and O–H groups in total. The molecule has 0 saturated carbocycles. The van der Waals surface area contributed by atoms with Crippen molar-refractivity contribution in [1.29, 1.82) is 0 Å². The number of fused-ring (bicyclic) bond motifs is 1. The van der Waals surface area contributed by atoms with Crippen LogP contribution in [-0.2, 0) is 11.8 Å². The van der Waals surface area contributed by atoms with Gasteiger partial charge < -0.3 is 9.88 Å². The van der Waals surface area contributed by atoms with Gasteiger partial charge in [0.25, 0.3) is 0 Å². The van der Waals surface area contributed by atoms with E-state index in [9.17, 15) is 4.79 Å². The number of thiophene rings is 1. The lowest BCUT2D eigenvalue weighted by Crippen LogP contribution is -2.28. The Bertz CT molecular complexity index is 817. The number of hydrogen-bond acceptors (Lipinski definition) is 2. The number of benzene rings is 1. The van der Waals surface area contributed by atoms with E-state index in [1.807, 2.05) is 0 Å². The van der Waals surface area contributed by atoms with Gasteiger partial charge in [-0.25, -0.2) is 0 Å². The van der Waals surface area contributed by atoms with Crippen LogP contribution < -0.4 is 5.32 Å². The van der Waals surface area contributed by atoms with Crippen LogP contribution in [0.2, 0.25) is 0 Å². The summed E-state index contributed by atoms with van der Waals surface area (Å²) < 4.78 is 2.15. The van der Waals surface area contributed by atoms with Crippen molar-refractivity contribution in [2.45, 2.75) is 26.2 Å². The number of hydrogen-bond donors (Lipinski definition) is 1. The fourth-order valence-electron chi connectivity index (χ4n) is 3.11. The van der Waals surface area contributed by atoms with Crippen LogP contribution in [0.4, 0.5) is 0 Å². The van der Waals surface area contributed by atoms with Crippen molar-refractivity contribution in [3.8, 4) is 0 Å². The highest BCUT2D eigenvalue weighted by Gasteiger charge is 2.22. The summed E-state index contributed by atoms with van der Waals surface area (Å²) in [6.45, 7) is 4.95. The molecule has 0 radical (unpaired) electrons. The molecular formula is C20H24N2OS. The van der Waals surface area contributed by atoms with E-state index >= 15 is 0 Å². The van der Waals surface area contributed by atoms with Crippen LogP contribution in [0.15, 0.2) is 47.3 Å². The lowest BCUT2D eigenvalue weighted by atomic mass is 9.89. The average Bonchev–Trinajstić information content (AvgIpc) is 3.20. The molecule has 1 atom stereocenters. The molecule has 3 nitrogen and oxygen atoms in total. The first kappa shape index (κ1) is 16.8. The van der Waals surface area contributed by atoms with Gasteiger partial charge in [0.05, 0.1) is 0 Å². The van der Waals surface area contributed by atoms with Gasteiger partial charge in [0.2, 0.25) is 5.91 Å². The Kier molecular flexibility index (Phi) is 5.05. The third-order valence-corrected chi connectivity index (χ3v) is 5.05. The van der Waals surface area contributed by atoms with Gasteiger partial charge in [0, 0.05) is 43.0 Å². The Hall–Kier alpha value is -2.07. The molecule has 3 rings (SSSR count). The zero-order chi connectivity index (χ0) is 17.1. The van der Waals surface area contributed by atoms with Crippen LogP contribution in [0, 0.1) is 5.92 Å². The molecule has 0 fully saturated rings. The van der Waals surface area contributed by atoms with E-state index in [0.717, 1.165) is 6.54 Å². The van der Waals surface area contributed by atoms with Gasteiger partial charge in [-0.05, 0) is 39.9 Å². The number of amides is 1. The van der Waals surface area contributed by atoms with Gasteiger partial charge in [-0.15, -0.1) is 0 Å². The minimum atomic E-state index is 0.0921. The molecule has 1 aromatic carbocycles. The van der Waals surface area contributed by atoms with Crippen LogP contribution in [-0.4, -0.2) is 17.0 Å². The summed E-state index contributed by atoms with van der Waals surface area (Å²) in [6.07, 6.45) is 2.65. The van der Waals surface area contributed by atoms with Crippen LogP contribution in [0.5, 0.6) is 0 Å². The predicted octanol–water partition coefficient (Wildman–Crippen LogP) is 4.53. The molecule has 1 amide bonds. The van der Waals surface area contributed by atoms with E-state index in [1.165, 1.54) is 22.0 Å². The lowest BCUT2D eigenvalue weighted by Gasteiger charge is -2.16. The van der Waals surface area contributed by atoms with Crippen LogP contribution >= 0.6 is 11.3 Å². The molecule has 0 saturated heterocycles. The molecule has 1 unspecified atom stereocenters. The number of aromatic nitrogens is 1. The molecular weight excluding hydrogens is 316 g/mol. The molecule has 0 aliphatic carbocycles. The molecule has 126 valence electrons. The number of carbonyl (C=O) groups excluding carboxylic acids is 1. The average molecular weight is 340 g/mol. The van der Waals surface area contributed by atoms with Crippen molar-refractivity contribution >= 4 is 28.1 Å². The third kappa shape index (κ3) is 3.54. The molecule has 0 aliphatic rings. The van der Waals surface area contributed by atoms with E-state index in [2.05, 4.69) is 78.1 Å². The van der Waals surface area contributed by atoms with Crippen molar-refractivity contribution in [2.24, 2.45) is 13.0 Å². The highest BCUT2D eigenvalue weighted by Crippen LogP contribution is 2.35. The summed E-state index contributed by atoms with van der Waals surface area (Å²) in [6, 6.07) is 10.5. The van der Waals surface area contributed by atoms with Gasteiger partial charge in [-0.2, -0.15) is 11.3 Å². The molecule has 2 heterocycles. The summed E-state index contributed by atoms with van der Waals surface area (Å²) in [4.78, 5) is 12.5. The van der Waals surface area contributed by atoms with Gasteiger partial charge in [0.1, 0.15) is 0 Å². The molecule has 24 heavy (non-hydrogen) atoms. The predicted molar refractivity (Wildman–Crippen MR) is 102 cm³/mol. The van der Waals surface area contributed by atoms with Crippen molar-refractivity contribution in [3.05, 3.63) is 58.4 Å². The summed E-state index contributed by atoms with van der Waals surface area (Å²) in [5.41, 5.74) is 3.65. The number of nitrogens with zero attached hydrogens (tertiary/aromatic N) is 1. The Morgan fingerprint density at radius 3 is 2.75 bits per heavy atom. The van der Waals surface area contributed by atoms with Gasteiger partial charge in [0.15, 0.2) is 0 Å². The van der Waals surface area contributed by atoms with Crippen LogP contribution in [0.1, 0.15) is 37.3 Å². The molecule has 0 aliphatic heterocycles. The Morgan fingerprint density at radius 2 is 2.04 bits per heavy atom. The number of nitrogens with one attached hydrogen (secondary N) is 1. The maximum Gasteiger partial charge on any atom is 0.220 e. The van der Waals surface area contributed by atoms with Crippen LogP contribution in [0.3, 0.4) is 0 Å². The zero-order valence-corrected chi connectivity index (χ0v) is 15.3. The number of carbonyl (C=O) groups is 1. The summed E-state index contributed by atoms with van der Waals surface area (Å²) in [5, 5.41) is 8.52. The monoisotopic (exact) mass is 340 g/mol. The maximum atomic E-state index is 12.5. The normalized spacial score (nSPS) is 12.7. The second kappa shape index (κ2) is 7.22. The molecule has 3 aromatic rings. The smallest absolute Gasteiger partial charge is 0.220 e. The molecule has 0 spiro atoms. The van der Waals surface area contributed by atoms with Gasteiger partial charge >= 0.3 is 0 Å². The number of para-hydroxylation sites is 1. The zero-order valence-electron chi connectivity index (χ0n) is 14.5. The lowest BCUT2D eigenvalue weighted by molar-refractivity contribution is -0.121. The second-order valence-corrected chi connectivity index (χ2v) is 7.50. The van der Waals surface area contributed by atoms with Gasteiger partial charge in [-0.3, -0.25) is 4.79 Å². The molecule has 2 aromatic heterocycles. The quantitative estimate of drug-likeness (QED) is 0.702. The van der Waals surface area contributed by atoms with Crippen LogP contribution in [0.25, 0.3) is 10.9 Å². The van der Waals surface area contributed by atoms with E-state index in [4.69, 9.17) is 0 Å². The summed E-state index contributed by atoms with van der Waals surface area (Å²) >= 11 is 1.68. The standard InChI is InChI=1S/C20H24N2OS/c1-14(2)11-21-20(23)10-17(15-8-9-24-13-15)18-12-22(3)19-7-5-4-6-16(18)19/h4-9,12-14,17H,10-11H2,1-3H3,(H,21,23). The van der Waals surface area contributed by atoms with Crippen molar-refractivity contribution in [2.75, 3.05) is 6.54 Å². The highest BCUT2D eigenvalue weighted by molar-refractivity contribution is 7.08. The Morgan fingerprint density at radius 1 is 1.25 bits per heavy atom. The van der Waals surface area contributed by atoms with Crippen molar-refractivity contribution in [3.63, 3.8) is 0 Å². The van der Waals surface area contributed by atoms with E-state index < -0.39 is 0 Å². The first-order valence-electron chi connectivity index (χ1n) is 8.39. The maximum absolute atomic E-state index is 12.5. The van der Waals surface area contributed by atoms with Crippen molar-refractivity contribution in [1.82, 2.24) is 9.88 Å². The minimum Gasteiger partial charge on any atom is -0.356 e. The summed E-state index contributed by atoms with van der Waals surface area (Å²) in [5.74, 6) is 0.674. The Balaban J connectivity index is 1.95. The van der Waals surface area contributed by atoms with E-state index in [0.29, 0.717) is 12.3 Å². The highest BCUT2D eigenvalue weighted by atomic mass is 32.1. The van der Waals surface area contributed by atoms with E-state index in [1.54, 1.807) is 11.3 Å². The first-order valence-corrected chi connectivity index (χ1v) is 9.33. The second-order valence-electron chi connectivity index (χ2n) is 6.72. The topological polar surface area (TPSA) is 34.0 Å². The third-order valence-electron chi connectivity index (χ3n) is 4.35. The fraction of sp³-hybridized carbons (Fsp3) is 0.350. The summed E-state index contributed by atoms with van der Waals surface area (Å²) in [7, 11) is 2.06. The number of aryl methyl sites for hydroxylation is 1. The minimum absolute atomic E-state index is 0.0921. The van der Waals surface area contributed by atoms with E-state index in [-0.39, 0.29) is 11.8 Å². The Labute approximate surface area is 147 Å². The molecule has 4 heteroatoms. The number of rotatable bonds is 6. The SMILES string of the molecule is CC(C)CNC(=O)CC(c1ccsc1)c1cn(C)c2ccccc12. The largest absolute Gasteiger partial charge is 0.356 e. The van der Waals surface area contributed by atoms with Gasteiger partial charge in [-0.1, -0.05) is 32.0 Å². The fourth-order valence-corrected chi connectivity index (χ4v) is 3.82.